The summed E-state index contributed by atoms with van der Waals surface area (Å²) in [6.07, 6.45) is 6.86. The van der Waals surface area contributed by atoms with Crippen LogP contribution in [0.25, 0.3) is 16.9 Å². The molecule has 11 nitrogen and oxygen atoms in total. The van der Waals surface area contributed by atoms with Gasteiger partial charge in [0.1, 0.15) is 16.0 Å². The highest BCUT2D eigenvalue weighted by atomic mass is 32.2. The van der Waals surface area contributed by atoms with E-state index >= 15 is 0 Å². The maximum absolute atomic E-state index is 13.5. The SMILES string of the molecule is CN1C(=O)c2cccc(OC(F)F)c2[C@H]2C[C@@H]1c1nn3ccc(-c4cnc(C5(N[S@@+]([O-])C(C)(C)C)CC(C)(O[Si](C)(C)C(C)(C)C)C5)nc4)nc3c12. The molecule has 0 spiro atoms. The van der Waals surface area contributed by atoms with Crippen molar-refractivity contribution < 1.29 is 27.3 Å². The summed E-state index contributed by atoms with van der Waals surface area (Å²) in [5, 5.41) is 4.86. The van der Waals surface area contributed by atoms with Crippen molar-refractivity contribution >= 4 is 31.2 Å². The van der Waals surface area contributed by atoms with E-state index < -0.39 is 48.1 Å². The van der Waals surface area contributed by atoms with Crippen LogP contribution in [0.2, 0.25) is 18.1 Å². The van der Waals surface area contributed by atoms with Crippen LogP contribution in [-0.4, -0.2) is 72.3 Å². The lowest BCUT2D eigenvalue weighted by molar-refractivity contribution is -0.0725. The molecule has 1 amide bonds. The second-order valence-corrected chi connectivity index (χ2v) is 23.9. The first kappa shape index (κ1) is 36.8. The molecule has 1 N–H and O–H groups in total. The summed E-state index contributed by atoms with van der Waals surface area (Å²) in [6, 6.07) is 6.15. The number of benzene rings is 1. The first-order valence-electron chi connectivity index (χ1n) is 17.6. The van der Waals surface area contributed by atoms with Crippen molar-refractivity contribution in [3.63, 3.8) is 0 Å². The molecular formula is C37H47F2N7O4SSi. The summed E-state index contributed by atoms with van der Waals surface area (Å²) in [6.45, 7) is 16.0. The van der Waals surface area contributed by atoms with Crippen molar-refractivity contribution in [3.05, 3.63) is 71.1 Å². The molecule has 0 radical (unpaired) electrons. The molecule has 3 aromatic heterocycles. The molecule has 2 bridgehead atoms. The fourth-order valence-electron chi connectivity index (χ4n) is 7.76. The predicted octanol–water partition coefficient (Wildman–Crippen LogP) is 7.27. The highest BCUT2D eigenvalue weighted by Crippen LogP contribution is 2.55. The minimum atomic E-state index is -3.04. The van der Waals surface area contributed by atoms with E-state index in [-0.39, 0.29) is 22.7 Å². The van der Waals surface area contributed by atoms with Crippen molar-refractivity contribution in [3.8, 4) is 17.0 Å². The van der Waals surface area contributed by atoms with E-state index in [2.05, 4.69) is 45.5 Å². The second kappa shape index (κ2) is 12.3. The van der Waals surface area contributed by atoms with Gasteiger partial charge < -0.3 is 18.6 Å². The normalized spacial score (nSPS) is 25.2. The van der Waals surface area contributed by atoms with Crippen LogP contribution < -0.4 is 9.46 Å². The number of alkyl halides is 2. The van der Waals surface area contributed by atoms with Crippen LogP contribution in [0.3, 0.4) is 0 Å². The molecule has 15 heteroatoms. The summed E-state index contributed by atoms with van der Waals surface area (Å²) >= 11 is -1.38. The number of nitrogens with zero attached hydrogens (tertiary/aromatic N) is 6. The van der Waals surface area contributed by atoms with Gasteiger partial charge in [0.25, 0.3) is 5.91 Å². The summed E-state index contributed by atoms with van der Waals surface area (Å²) in [5.41, 5.74) is 2.86. The van der Waals surface area contributed by atoms with Gasteiger partial charge in [0.05, 0.1) is 23.0 Å². The van der Waals surface area contributed by atoms with Crippen LogP contribution in [0.15, 0.2) is 42.9 Å². The maximum atomic E-state index is 13.5. The Kier molecular flexibility index (Phi) is 8.69. The number of nitrogens with one attached hydrogen (secondary N) is 1. The molecule has 3 atom stereocenters. The number of halogens is 2. The third-order valence-electron chi connectivity index (χ3n) is 11.2. The smallest absolute Gasteiger partial charge is 0.387 e. The molecule has 1 aliphatic heterocycles. The van der Waals surface area contributed by atoms with Gasteiger partial charge in [-0.05, 0) is 70.4 Å². The van der Waals surface area contributed by atoms with E-state index in [0.717, 1.165) is 5.56 Å². The van der Waals surface area contributed by atoms with Crippen LogP contribution in [-0.2, 0) is 21.3 Å². The van der Waals surface area contributed by atoms with Gasteiger partial charge in [-0.3, -0.25) is 4.79 Å². The number of rotatable bonds is 8. The molecule has 0 saturated heterocycles. The van der Waals surface area contributed by atoms with Gasteiger partial charge in [-0.1, -0.05) is 26.8 Å². The zero-order valence-electron chi connectivity index (χ0n) is 31.4. The van der Waals surface area contributed by atoms with E-state index in [1.165, 1.54) is 6.07 Å². The quantitative estimate of drug-likeness (QED) is 0.146. The van der Waals surface area contributed by atoms with Gasteiger partial charge in [0.15, 0.2) is 19.8 Å². The third-order valence-corrected chi connectivity index (χ3v) is 17.5. The summed E-state index contributed by atoms with van der Waals surface area (Å²) in [4.78, 5) is 29.8. The Bertz CT molecular complexity index is 2040. The second-order valence-electron chi connectivity index (χ2n) is 17.2. The Labute approximate surface area is 307 Å². The summed E-state index contributed by atoms with van der Waals surface area (Å²) in [7, 11) is -0.387. The predicted molar refractivity (Wildman–Crippen MR) is 197 cm³/mol. The van der Waals surface area contributed by atoms with Gasteiger partial charge >= 0.3 is 6.61 Å². The molecule has 1 aromatic carbocycles. The lowest BCUT2D eigenvalue weighted by Crippen LogP contribution is -2.67. The average Bonchev–Trinajstić information content (AvgIpc) is 3.55. The van der Waals surface area contributed by atoms with Crippen molar-refractivity contribution in [2.24, 2.45) is 0 Å². The Balaban J connectivity index is 1.24. The molecule has 2 aliphatic carbocycles. The van der Waals surface area contributed by atoms with Crippen LogP contribution in [0.4, 0.5) is 8.78 Å². The highest BCUT2D eigenvalue weighted by molar-refractivity contribution is 7.90. The number of amides is 1. The first-order valence-corrected chi connectivity index (χ1v) is 21.7. The molecule has 3 aliphatic rings. The molecule has 52 heavy (non-hydrogen) atoms. The zero-order valence-corrected chi connectivity index (χ0v) is 33.2. The van der Waals surface area contributed by atoms with Crippen LogP contribution >= 0.6 is 0 Å². The molecule has 4 heterocycles. The van der Waals surface area contributed by atoms with Gasteiger partial charge in [0, 0.05) is 78.0 Å². The van der Waals surface area contributed by atoms with E-state index in [4.69, 9.17) is 29.2 Å². The van der Waals surface area contributed by atoms with Crippen LogP contribution in [0.1, 0.15) is 113 Å². The number of ether oxygens (including phenoxy) is 1. The van der Waals surface area contributed by atoms with E-state index in [9.17, 15) is 18.1 Å². The molecule has 278 valence electrons. The number of carbonyl (C=O) groups is 1. The Hall–Kier alpha value is -3.50. The number of aromatic nitrogens is 5. The molecule has 4 aromatic rings. The summed E-state index contributed by atoms with van der Waals surface area (Å²) in [5.74, 6) is -0.192. The minimum Gasteiger partial charge on any atom is -0.598 e. The average molecular weight is 752 g/mol. The number of hydrogen-bond acceptors (Lipinski definition) is 9. The van der Waals surface area contributed by atoms with Crippen molar-refractivity contribution in [2.45, 2.75) is 120 Å². The van der Waals surface area contributed by atoms with Crippen LogP contribution in [0, 0.1) is 0 Å². The van der Waals surface area contributed by atoms with Crippen molar-refractivity contribution in [1.29, 1.82) is 0 Å². The van der Waals surface area contributed by atoms with Gasteiger partial charge in [-0.15, -0.1) is 4.72 Å². The monoisotopic (exact) mass is 751 g/mol. The minimum absolute atomic E-state index is 0.0241. The number of carbonyl (C=O) groups excluding carboxylic acids is 1. The lowest BCUT2D eigenvalue weighted by atomic mass is 9.66. The van der Waals surface area contributed by atoms with Crippen molar-refractivity contribution in [2.75, 3.05) is 7.05 Å². The highest BCUT2D eigenvalue weighted by Gasteiger charge is 2.61. The fourth-order valence-corrected chi connectivity index (χ4v) is 10.3. The maximum Gasteiger partial charge on any atom is 0.387 e. The largest absolute Gasteiger partial charge is 0.598 e. The fraction of sp³-hybridized carbons (Fsp3) is 0.541. The summed E-state index contributed by atoms with van der Waals surface area (Å²) < 4.78 is 57.0. The molecule has 0 unspecified atom stereocenters. The van der Waals surface area contributed by atoms with Crippen molar-refractivity contribution in [1.82, 2.24) is 34.2 Å². The first-order chi connectivity index (χ1) is 24.1. The topological polar surface area (TPSA) is 130 Å². The lowest BCUT2D eigenvalue weighted by Gasteiger charge is -2.56. The standard InChI is InChI=1S/C37H47F2N7O4SSi/c1-34(2,3)51(48)44-37(19-36(7,20-37)50-52(9,10)35(4,5)6)32-40-17-21(18-41-32)24-14-15-46-30(42-24)28-23-16-25(29(28)43-46)45(8)31(47)22-12-11-13-26(27(22)23)49-33(38)39/h11-15,17-18,23,25,33,44H,16,19-20H2,1-10H3/t23-,25-,36?,37?,51+/m1/s1. The van der Waals surface area contributed by atoms with Crippen LogP contribution in [0.5, 0.6) is 5.75 Å². The molecule has 1 fully saturated rings. The third kappa shape index (κ3) is 6.11. The van der Waals surface area contributed by atoms with E-state index in [1.54, 1.807) is 47.2 Å². The number of hydrogen-bond donors (Lipinski definition) is 1. The molecule has 1 saturated carbocycles. The van der Waals surface area contributed by atoms with Gasteiger partial charge in [-0.2, -0.15) is 13.9 Å². The Morgan fingerprint density at radius 3 is 2.37 bits per heavy atom. The Morgan fingerprint density at radius 2 is 1.75 bits per heavy atom. The molecule has 7 rings (SSSR count). The van der Waals surface area contributed by atoms with E-state index in [1.807, 2.05) is 26.8 Å². The van der Waals surface area contributed by atoms with Gasteiger partial charge in [-0.25, -0.2) is 19.5 Å². The van der Waals surface area contributed by atoms with E-state index in [0.29, 0.717) is 58.8 Å². The zero-order chi connectivity index (χ0) is 37.8. The van der Waals surface area contributed by atoms with Gasteiger partial charge in [0.2, 0.25) is 0 Å². The molecular weight excluding hydrogens is 705 g/mol. The number of fused-ring (bicyclic) bond motifs is 9. The Morgan fingerprint density at radius 1 is 1.08 bits per heavy atom.